The molecule has 146 valence electrons. The molecule has 3 heterocycles. The lowest BCUT2D eigenvalue weighted by molar-refractivity contribution is 0.0526. The first-order chi connectivity index (χ1) is 13.7. The van der Waals surface area contributed by atoms with Crippen LogP contribution in [0.4, 0.5) is 17.5 Å². The highest BCUT2D eigenvalue weighted by molar-refractivity contribution is 5.90. The van der Waals surface area contributed by atoms with Gasteiger partial charge < -0.3 is 19.7 Å². The van der Waals surface area contributed by atoms with E-state index in [0.29, 0.717) is 31.3 Å². The Morgan fingerprint density at radius 2 is 1.96 bits per heavy atom. The zero-order valence-corrected chi connectivity index (χ0v) is 15.9. The Bertz CT molecular complexity index is 979. The third-order valence-electron chi connectivity index (χ3n) is 4.53. The van der Waals surface area contributed by atoms with Crippen molar-refractivity contribution in [2.45, 2.75) is 6.92 Å². The maximum absolute atomic E-state index is 11.8. The second-order valence-electron chi connectivity index (χ2n) is 6.40. The monoisotopic (exact) mass is 382 g/mol. The van der Waals surface area contributed by atoms with Gasteiger partial charge in [-0.25, -0.2) is 4.79 Å². The molecule has 1 aromatic carbocycles. The van der Waals surface area contributed by atoms with Crippen LogP contribution in [0.1, 0.15) is 17.3 Å². The Labute approximate surface area is 162 Å². The fourth-order valence-corrected chi connectivity index (χ4v) is 3.11. The molecule has 1 aliphatic rings. The summed E-state index contributed by atoms with van der Waals surface area (Å²) in [6, 6.07) is 7.03. The van der Waals surface area contributed by atoms with E-state index in [-0.39, 0.29) is 5.97 Å². The number of esters is 1. The van der Waals surface area contributed by atoms with Gasteiger partial charge in [0.2, 0.25) is 5.95 Å². The molecule has 1 aliphatic heterocycles. The van der Waals surface area contributed by atoms with Gasteiger partial charge in [0.05, 0.1) is 37.0 Å². The van der Waals surface area contributed by atoms with Gasteiger partial charge in [0.15, 0.2) is 5.65 Å². The van der Waals surface area contributed by atoms with Gasteiger partial charge in [-0.15, -0.1) is 0 Å². The maximum atomic E-state index is 11.8. The molecule has 4 rings (SSSR count). The highest BCUT2D eigenvalue weighted by atomic mass is 16.5. The van der Waals surface area contributed by atoms with E-state index in [1.807, 2.05) is 7.05 Å². The van der Waals surface area contributed by atoms with Crippen LogP contribution in [0.3, 0.4) is 0 Å². The van der Waals surface area contributed by atoms with E-state index in [2.05, 4.69) is 20.3 Å². The number of ether oxygens (including phenoxy) is 2. The first kappa shape index (κ1) is 18.2. The van der Waals surface area contributed by atoms with Crippen molar-refractivity contribution in [3.05, 3.63) is 36.0 Å². The summed E-state index contributed by atoms with van der Waals surface area (Å²) in [5.74, 6) is 0.977. The molecule has 1 saturated heterocycles. The van der Waals surface area contributed by atoms with Crippen LogP contribution < -0.4 is 10.2 Å². The third kappa shape index (κ3) is 3.61. The van der Waals surface area contributed by atoms with Gasteiger partial charge in [0, 0.05) is 25.8 Å². The number of fused-ring (bicyclic) bond motifs is 1. The molecule has 2 aromatic heterocycles. The molecule has 0 unspecified atom stereocenters. The summed E-state index contributed by atoms with van der Waals surface area (Å²) in [5.41, 5.74) is 2.04. The van der Waals surface area contributed by atoms with Crippen molar-refractivity contribution >= 4 is 34.5 Å². The van der Waals surface area contributed by atoms with Crippen LogP contribution in [0.2, 0.25) is 0 Å². The normalized spacial score (nSPS) is 14.3. The van der Waals surface area contributed by atoms with E-state index in [1.54, 1.807) is 42.1 Å². The molecule has 9 heteroatoms. The number of rotatable bonds is 5. The van der Waals surface area contributed by atoms with Gasteiger partial charge in [0.1, 0.15) is 5.82 Å². The van der Waals surface area contributed by atoms with Crippen LogP contribution in [0, 0.1) is 0 Å². The van der Waals surface area contributed by atoms with Gasteiger partial charge >= 0.3 is 5.97 Å². The van der Waals surface area contributed by atoms with Gasteiger partial charge in [-0.3, -0.25) is 4.68 Å². The topological polar surface area (TPSA) is 94.4 Å². The van der Waals surface area contributed by atoms with Gasteiger partial charge in [-0.1, -0.05) is 0 Å². The number of carbonyl (C=O) groups excluding carboxylic acids is 1. The molecule has 28 heavy (non-hydrogen) atoms. The lowest BCUT2D eigenvalue weighted by Crippen LogP contribution is -2.37. The van der Waals surface area contributed by atoms with E-state index < -0.39 is 0 Å². The molecule has 1 fully saturated rings. The lowest BCUT2D eigenvalue weighted by atomic mass is 10.2. The molecule has 0 radical (unpaired) electrons. The summed E-state index contributed by atoms with van der Waals surface area (Å²) in [5, 5.41) is 8.45. The zero-order valence-electron chi connectivity index (χ0n) is 15.9. The van der Waals surface area contributed by atoms with Crippen molar-refractivity contribution in [2.24, 2.45) is 7.05 Å². The Morgan fingerprint density at radius 3 is 2.68 bits per heavy atom. The minimum absolute atomic E-state index is 0.337. The predicted octanol–water partition coefficient (Wildman–Crippen LogP) is 2.12. The molecule has 0 spiro atoms. The number of hydrogen-bond donors (Lipinski definition) is 1. The Kier molecular flexibility index (Phi) is 5.07. The van der Waals surface area contributed by atoms with E-state index >= 15 is 0 Å². The number of nitrogens with zero attached hydrogens (tertiary/aromatic N) is 5. The first-order valence-corrected chi connectivity index (χ1v) is 9.22. The van der Waals surface area contributed by atoms with Crippen molar-refractivity contribution in [3.8, 4) is 0 Å². The van der Waals surface area contributed by atoms with E-state index in [1.165, 1.54) is 0 Å². The molecule has 3 aromatic rings. The standard InChI is InChI=1S/C19H22N6O3/c1-3-28-18(26)13-4-6-14(7-5-13)21-19-22-16-15(12-20-24(16)2)17(23-19)25-8-10-27-11-9-25/h4-7,12H,3,8-11H2,1-2H3,(H,21,22,23). The quantitative estimate of drug-likeness (QED) is 0.671. The highest BCUT2D eigenvalue weighted by Crippen LogP contribution is 2.27. The SMILES string of the molecule is CCOC(=O)c1ccc(Nc2nc(N3CCOCC3)c3cnn(C)c3n2)cc1. The molecular formula is C19H22N6O3. The number of aromatic nitrogens is 4. The molecule has 9 nitrogen and oxygen atoms in total. The minimum atomic E-state index is -0.337. The predicted molar refractivity (Wildman–Crippen MR) is 105 cm³/mol. The van der Waals surface area contributed by atoms with Crippen LogP contribution in [-0.2, 0) is 16.5 Å². The Morgan fingerprint density at radius 1 is 1.21 bits per heavy atom. The summed E-state index contributed by atoms with van der Waals surface area (Å²) in [6.07, 6.45) is 1.79. The Balaban J connectivity index is 1.63. The van der Waals surface area contributed by atoms with Crippen LogP contribution in [0.25, 0.3) is 11.0 Å². The Hall–Kier alpha value is -3.20. The molecule has 0 amide bonds. The number of nitrogens with one attached hydrogen (secondary N) is 1. The largest absolute Gasteiger partial charge is 0.462 e. The molecular weight excluding hydrogens is 360 g/mol. The van der Waals surface area contributed by atoms with Gasteiger partial charge in [-0.2, -0.15) is 15.1 Å². The molecule has 0 atom stereocenters. The average Bonchev–Trinajstić information content (AvgIpc) is 3.10. The fourth-order valence-electron chi connectivity index (χ4n) is 3.11. The zero-order chi connectivity index (χ0) is 19.5. The highest BCUT2D eigenvalue weighted by Gasteiger charge is 2.19. The van der Waals surface area contributed by atoms with Crippen LogP contribution in [-0.4, -0.2) is 58.6 Å². The molecule has 0 saturated carbocycles. The fraction of sp³-hybridized carbons (Fsp3) is 0.368. The van der Waals surface area contributed by atoms with Crippen molar-refractivity contribution < 1.29 is 14.3 Å². The van der Waals surface area contributed by atoms with Crippen LogP contribution in [0.15, 0.2) is 30.5 Å². The molecule has 1 N–H and O–H groups in total. The molecule has 0 bridgehead atoms. The average molecular weight is 382 g/mol. The third-order valence-corrected chi connectivity index (χ3v) is 4.53. The summed E-state index contributed by atoms with van der Waals surface area (Å²) in [4.78, 5) is 23.3. The van der Waals surface area contributed by atoms with Crippen molar-refractivity contribution in [3.63, 3.8) is 0 Å². The summed E-state index contributed by atoms with van der Waals surface area (Å²) >= 11 is 0. The smallest absolute Gasteiger partial charge is 0.338 e. The summed E-state index contributed by atoms with van der Waals surface area (Å²) in [7, 11) is 1.86. The van der Waals surface area contributed by atoms with E-state index in [9.17, 15) is 4.79 Å². The number of aryl methyl sites for hydroxylation is 1. The van der Waals surface area contributed by atoms with Gasteiger partial charge in [0.25, 0.3) is 0 Å². The van der Waals surface area contributed by atoms with Crippen molar-refractivity contribution in [1.82, 2.24) is 19.7 Å². The summed E-state index contributed by atoms with van der Waals surface area (Å²) < 4.78 is 12.2. The number of benzene rings is 1. The van der Waals surface area contributed by atoms with E-state index in [4.69, 9.17) is 14.5 Å². The van der Waals surface area contributed by atoms with Crippen LogP contribution >= 0.6 is 0 Å². The van der Waals surface area contributed by atoms with Gasteiger partial charge in [-0.05, 0) is 31.2 Å². The first-order valence-electron chi connectivity index (χ1n) is 9.22. The minimum Gasteiger partial charge on any atom is -0.462 e. The number of anilines is 3. The maximum Gasteiger partial charge on any atom is 0.338 e. The lowest BCUT2D eigenvalue weighted by Gasteiger charge is -2.28. The molecule has 0 aliphatic carbocycles. The second-order valence-corrected chi connectivity index (χ2v) is 6.40. The number of morpholine rings is 1. The van der Waals surface area contributed by atoms with Crippen LogP contribution in [0.5, 0.6) is 0 Å². The number of hydrogen-bond acceptors (Lipinski definition) is 8. The second kappa shape index (κ2) is 7.81. The van der Waals surface area contributed by atoms with Crippen molar-refractivity contribution in [1.29, 1.82) is 0 Å². The van der Waals surface area contributed by atoms with Crippen molar-refractivity contribution in [2.75, 3.05) is 43.1 Å². The van der Waals surface area contributed by atoms with E-state index in [0.717, 1.165) is 35.6 Å². The summed E-state index contributed by atoms with van der Waals surface area (Å²) in [6.45, 7) is 5.02. The number of carbonyl (C=O) groups is 1.